The van der Waals surface area contributed by atoms with Gasteiger partial charge >= 0.3 is 5.97 Å². The van der Waals surface area contributed by atoms with Gasteiger partial charge in [0.15, 0.2) is 0 Å². The third-order valence-corrected chi connectivity index (χ3v) is 7.21. The van der Waals surface area contributed by atoms with Crippen LogP contribution in [0.1, 0.15) is 57.9 Å². The van der Waals surface area contributed by atoms with Gasteiger partial charge < -0.3 is 10.1 Å². The Bertz CT molecular complexity index is 797. The molecule has 0 aliphatic carbocycles. The summed E-state index contributed by atoms with van der Waals surface area (Å²) in [5, 5.41) is 2.74. The number of hydrogen-bond acceptors (Lipinski definition) is 5. The van der Waals surface area contributed by atoms with E-state index in [9.17, 15) is 18.0 Å². The first-order chi connectivity index (χ1) is 14.2. The summed E-state index contributed by atoms with van der Waals surface area (Å²) < 4.78 is 32.0. The van der Waals surface area contributed by atoms with Crippen LogP contribution in [0.2, 0.25) is 0 Å². The van der Waals surface area contributed by atoms with E-state index in [1.165, 1.54) is 7.11 Å². The van der Waals surface area contributed by atoms with Crippen LogP contribution in [-0.2, 0) is 30.8 Å². The van der Waals surface area contributed by atoms with Crippen molar-refractivity contribution in [1.82, 2.24) is 9.62 Å². The molecule has 1 heterocycles. The molecule has 1 unspecified atom stereocenters. The van der Waals surface area contributed by atoms with Gasteiger partial charge in [0, 0.05) is 19.5 Å². The summed E-state index contributed by atoms with van der Waals surface area (Å²) in [5.74, 6) is -0.430. The predicted octanol–water partition coefficient (Wildman–Crippen LogP) is 2.89. The first-order valence-corrected chi connectivity index (χ1v) is 12.1. The fourth-order valence-electron chi connectivity index (χ4n) is 3.61. The molecule has 0 aromatic heterocycles. The summed E-state index contributed by atoms with van der Waals surface area (Å²) in [4.78, 5) is 24.4. The highest BCUT2D eigenvalue weighted by Gasteiger charge is 2.25. The highest BCUT2D eigenvalue weighted by atomic mass is 32.2. The van der Waals surface area contributed by atoms with E-state index in [1.807, 2.05) is 13.8 Å². The second-order valence-corrected chi connectivity index (χ2v) is 10.2. The number of carbonyl (C=O) groups excluding carboxylic acids is 2. The monoisotopic (exact) mass is 438 g/mol. The van der Waals surface area contributed by atoms with Crippen LogP contribution in [-0.4, -0.2) is 50.8 Å². The zero-order valence-corrected chi connectivity index (χ0v) is 19.0. The smallest absolute Gasteiger partial charge is 0.328 e. The Morgan fingerprint density at radius 3 is 2.20 bits per heavy atom. The van der Waals surface area contributed by atoms with Crippen molar-refractivity contribution in [3.8, 4) is 0 Å². The zero-order chi connectivity index (χ0) is 22.1. The standard InChI is InChI=1S/C22H34N2O5S/c1-17(2)16-20(22(26)29-3)23-21(25)13-10-18-8-11-19(12-9-18)30(27,28)24-14-6-4-5-7-15-24/h8-9,11-12,17,20H,4-7,10,13-16H2,1-3H3,(H,23,25). The number of amides is 1. The lowest BCUT2D eigenvalue weighted by Crippen LogP contribution is -2.42. The van der Waals surface area contributed by atoms with Crippen molar-refractivity contribution in [2.24, 2.45) is 5.92 Å². The van der Waals surface area contributed by atoms with E-state index < -0.39 is 22.0 Å². The lowest BCUT2D eigenvalue weighted by molar-refractivity contribution is -0.145. The van der Waals surface area contributed by atoms with Crippen LogP contribution in [0, 0.1) is 5.92 Å². The topological polar surface area (TPSA) is 92.8 Å². The molecule has 1 aromatic carbocycles. The maximum atomic E-state index is 12.8. The molecule has 1 amide bonds. The second-order valence-electron chi connectivity index (χ2n) is 8.24. The Hall–Kier alpha value is -1.93. The van der Waals surface area contributed by atoms with Crippen LogP contribution in [0.3, 0.4) is 0 Å². The molecule has 1 fully saturated rings. The van der Waals surface area contributed by atoms with Crippen LogP contribution in [0.15, 0.2) is 29.2 Å². The summed E-state index contributed by atoms with van der Waals surface area (Å²) in [5.41, 5.74) is 0.874. The van der Waals surface area contributed by atoms with Gasteiger partial charge in [0.2, 0.25) is 15.9 Å². The fraction of sp³-hybridized carbons (Fsp3) is 0.636. The van der Waals surface area contributed by atoms with Gasteiger partial charge in [0.25, 0.3) is 0 Å². The van der Waals surface area contributed by atoms with Crippen molar-refractivity contribution in [2.75, 3.05) is 20.2 Å². The molecule has 0 saturated carbocycles. The minimum atomic E-state index is -3.47. The number of rotatable bonds is 9. The number of aryl methyl sites for hydroxylation is 1. The van der Waals surface area contributed by atoms with Crippen molar-refractivity contribution in [1.29, 1.82) is 0 Å². The van der Waals surface area contributed by atoms with Crippen molar-refractivity contribution in [3.63, 3.8) is 0 Å². The lowest BCUT2D eigenvalue weighted by Gasteiger charge is -2.20. The van der Waals surface area contributed by atoms with Gasteiger partial charge in [-0.15, -0.1) is 0 Å². The number of ether oxygens (including phenoxy) is 1. The highest BCUT2D eigenvalue weighted by molar-refractivity contribution is 7.89. The normalized spacial score (nSPS) is 16.7. The molecule has 1 atom stereocenters. The van der Waals surface area contributed by atoms with E-state index in [4.69, 9.17) is 4.74 Å². The van der Waals surface area contributed by atoms with Crippen LogP contribution in [0.4, 0.5) is 0 Å². The first-order valence-electron chi connectivity index (χ1n) is 10.7. The number of esters is 1. The molecule has 0 bridgehead atoms. The van der Waals surface area contributed by atoms with E-state index in [-0.39, 0.29) is 18.2 Å². The van der Waals surface area contributed by atoms with Gasteiger partial charge in [0.05, 0.1) is 12.0 Å². The molecule has 0 spiro atoms. The number of sulfonamides is 1. The third kappa shape index (κ3) is 7.09. The molecule has 8 heteroatoms. The van der Waals surface area contributed by atoms with Gasteiger partial charge in [-0.1, -0.05) is 38.8 Å². The predicted molar refractivity (Wildman–Crippen MR) is 115 cm³/mol. The minimum Gasteiger partial charge on any atom is -0.467 e. The lowest BCUT2D eigenvalue weighted by atomic mass is 10.0. The Kier molecular flexibility index (Phi) is 9.30. The molecule has 1 saturated heterocycles. The van der Waals surface area contributed by atoms with Gasteiger partial charge in [-0.2, -0.15) is 4.31 Å². The Labute approximate surface area is 180 Å². The van der Waals surface area contributed by atoms with Gasteiger partial charge in [-0.25, -0.2) is 13.2 Å². The maximum absolute atomic E-state index is 12.8. The largest absolute Gasteiger partial charge is 0.467 e. The molecule has 2 rings (SSSR count). The van der Waals surface area contributed by atoms with E-state index in [0.29, 0.717) is 30.8 Å². The fourth-order valence-corrected chi connectivity index (χ4v) is 5.13. The molecule has 0 radical (unpaired) electrons. The number of nitrogens with zero attached hydrogens (tertiary/aromatic N) is 1. The molecule has 7 nitrogen and oxygen atoms in total. The summed E-state index contributed by atoms with van der Waals surface area (Å²) in [6.45, 7) is 5.09. The van der Waals surface area contributed by atoms with Crippen LogP contribution in [0.5, 0.6) is 0 Å². The number of nitrogens with one attached hydrogen (secondary N) is 1. The van der Waals surface area contributed by atoms with Gasteiger partial charge in [0.1, 0.15) is 6.04 Å². The summed E-state index contributed by atoms with van der Waals surface area (Å²) in [6, 6.07) is 6.09. The highest BCUT2D eigenvalue weighted by Crippen LogP contribution is 2.21. The number of carbonyl (C=O) groups is 2. The van der Waals surface area contributed by atoms with Crippen molar-refractivity contribution >= 4 is 21.9 Å². The van der Waals surface area contributed by atoms with Crippen molar-refractivity contribution in [2.45, 2.75) is 69.7 Å². The first kappa shape index (κ1) is 24.3. The molecule has 1 N–H and O–H groups in total. The molecule has 1 aliphatic heterocycles. The summed E-state index contributed by atoms with van der Waals surface area (Å²) >= 11 is 0. The Balaban J connectivity index is 1.93. The van der Waals surface area contributed by atoms with E-state index in [0.717, 1.165) is 31.2 Å². The maximum Gasteiger partial charge on any atom is 0.328 e. The Morgan fingerprint density at radius 1 is 1.07 bits per heavy atom. The summed E-state index contributed by atoms with van der Waals surface area (Å²) in [7, 11) is -2.16. The molecule has 1 aliphatic rings. The number of methoxy groups -OCH3 is 1. The third-order valence-electron chi connectivity index (χ3n) is 5.29. The quantitative estimate of drug-likeness (QED) is 0.599. The van der Waals surface area contributed by atoms with Crippen LogP contribution in [0.25, 0.3) is 0 Å². The Morgan fingerprint density at radius 2 is 1.67 bits per heavy atom. The second kappa shape index (κ2) is 11.5. The van der Waals surface area contributed by atoms with Crippen LogP contribution < -0.4 is 5.32 Å². The molecular formula is C22H34N2O5S. The number of benzene rings is 1. The average Bonchev–Trinajstić information content (AvgIpc) is 3.01. The van der Waals surface area contributed by atoms with Crippen LogP contribution >= 0.6 is 0 Å². The minimum absolute atomic E-state index is 0.212. The van der Waals surface area contributed by atoms with Crippen molar-refractivity contribution < 1.29 is 22.7 Å². The molecule has 30 heavy (non-hydrogen) atoms. The number of hydrogen-bond donors (Lipinski definition) is 1. The SMILES string of the molecule is COC(=O)C(CC(C)C)NC(=O)CCc1ccc(S(=O)(=O)N2CCCCCC2)cc1. The molecular weight excluding hydrogens is 404 g/mol. The van der Waals surface area contributed by atoms with E-state index in [2.05, 4.69) is 5.32 Å². The van der Waals surface area contributed by atoms with E-state index >= 15 is 0 Å². The van der Waals surface area contributed by atoms with E-state index in [1.54, 1.807) is 28.6 Å². The van der Waals surface area contributed by atoms with Crippen molar-refractivity contribution in [3.05, 3.63) is 29.8 Å². The van der Waals surface area contributed by atoms with Gasteiger partial charge in [-0.3, -0.25) is 4.79 Å². The average molecular weight is 439 g/mol. The zero-order valence-electron chi connectivity index (χ0n) is 18.2. The molecule has 168 valence electrons. The summed E-state index contributed by atoms with van der Waals surface area (Å²) in [6.07, 6.45) is 5.13. The van der Waals surface area contributed by atoms with Gasteiger partial charge in [-0.05, 0) is 49.3 Å². The molecule has 1 aromatic rings.